The van der Waals surface area contributed by atoms with E-state index in [0.717, 1.165) is 64.5 Å². The van der Waals surface area contributed by atoms with Gasteiger partial charge in [-0.2, -0.15) is 0 Å². The number of esters is 1. The summed E-state index contributed by atoms with van der Waals surface area (Å²) in [6.45, 7) is 7.54. The molecule has 3 fully saturated rings. The van der Waals surface area contributed by atoms with Gasteiger partial charge in [-0.05, 0) is 44.6 Å². The van der Waals surface area contributed by atoms with Crippen LogP contribution >= 0.6 is 0 Å². The Morgan fingerprint density at radius 2 is 2.04 bits per heavy atom. The standard InChI is InChI=1S/C20H30N4O3/c1-2-27-18(25)20-6-4-17(23-10-12-26-13-11-23)14-16(20)5-9-24(15-20)19-21-7-3-8-22-19/h3,7-8,16-17H,2,4-6,9-15H2,1H3/t16-,17-,20-/m1/s1. The average Bonchev–Trinajstić information content (AvgIpc) is 2.74. The molecular weight excluding hydrogens is 344 g/mol. The van der Waals surface area contributed by atoms with Crippen molar-refractivity contribution in [3.8, 4) is 0 Å². The Balaban J connectivity index is 1.54. The number of rotatable bonds is 4. The van der Waals surface area contributed by atoms with Crippen molar-refractivity contribution in [2.75, 3.05) is 50.9 Å². The summed E-state index contributed by atoms with van der Waals surface area (Å²) in [7, 11) is 0. The van der Waals surface area contributed by atoms with E-state index in [1.54, 1.807) is 12.4 Å². The highest BCUT2D eigenvalue weighted by molar-refractivity contribution is 5.78. The topological polar surface area (TPSA) is 67.8 Å². The third-order valence-corrected chi connectivity index (χ3v) is 6.56. The van der Waals surface area contributed by atoms with E-state index in [-0.39, 0.29) is 5.97 Å². The molecule has 27 heavy (non-hydrogen) atoms. The molecule has 0 amide bonds. The molecule has 3 atom stereocenters. The monoisotopic (exact) mass is 374 g/mol. The first kappa shape index (κ1) is 18.6. The van der Waals surface area contributed by atoms with Gasteiger partial charge in [0, 0.05) is 44.6 Å². The number of nitrogens with zero attached hydrogens (tertiary/aromatic N) is 4. The van der Waals surface area contributed by atoms with Crippen LogP contribution in [0.1, 0.15) is 32.6 Å². The second-order valence-corrected chi connectivity index (χ2v) is 7.91. The van der Waals surface area contributed by atoms with Crippen LogP contribution in [0.2, 0.25) is 0 Å². The Morgan fingerprint density at radius 1 is 1.26 bits per heavy atom. The van der Waals surface area contributed by atoms with E-state index in [4.69, 9.17) is 9.47 Å². The number of fused-ring (bicyclic) bond motifs is 1. The fraction of sp³-hybridized carbons (Fsp3) is 0.750. The van der Waals surface area contributed by atoms with Gasteiger partial charge in [-0.25, -0.2) is 9.97 Å². The first-order valence-electron chi connectivity index (χ1n) is 10.2. The summed E-state index contributed by atoms with van der Waals surface area (Å²) in [6, 6.07) is 2.38. The van der Waals surface area contributed by atoms with Crippen LogP contribution in [-0.2, 0) is 14.3 Å². The molecule has 7 heteroatoms. The number of hydrogen-bond acceptors (Lipinski definition) is 7. The molecule has 7 nitrogen and oxygen atoms in total. The summed E-state index contributed by atoms with van der Waals surface area (Å²) in [4.78, 5) is 26.6. The maximum atomic E-state index is 13.1. The van der Waals surface area contributed by atoms with E-state index in [2.05, 4.69) is 19.8 Å². The van der Waals surface area contributed by atoms with Crippen molar-refractivity contribution in [1.82, 2.24) is 14.9 Å². The number of morpholine rings is 1. The zero-order chi connectivity index (χ0) is 18.7. The smallest absolute Gasteiger partial charge is 0.314 e. The molecule has 1 aliphatic carbocycles. The number of carbonyl (C=O) groups excluding carboxylic acids is 1. The molecule has 0 unspecified atom stereocenters. The number of piperidine rings is 1. The molecule has 2 saturated heterocycles. The molecule has 3 aliphatic rings. The average molecular weight is 374 g/mol. The highest BCUT2D eigenvalue weighted by Gasteiger charge is 2.54. The SMILES string of the molecule is CCOC(=O)[C@@]12CC[C@@H](N3CCOCC3)C[C@H]1CCN(c1ncccn1)C2. The van der Waals surface area contributed by atoms with Crippen LogP contribution in [0.5, 0.6) is 0 Å². The quantitative estimate of drug-likeness (QED) is 0.744. The van der Waals surface area contributed by atoms with Gasteiger partial charge in [0.2, 0.25) is 5.95 Å². The van der Waals surface area contributed by atoms with Crippen LogP contribution in [-0.4, -0.2) is 72.9 Å². The van der Waals surface area contributed by atoms with Gasteiger partial charge >= 0.3 is 5.97 Å². The predicted molar refractivity (Wildman–Crippen MR) is 101 cm³/mol. The first-order valence-corrected chi connectivity index (χ1v) is 10.2. The normalized spacial score (nSPS) is 32.0. The Bertz CT molecular complexity index is 637. The second kappa shape index (κ2) is 8.10. The summed E-state index contributed by atoms with van der Waals surface area (Å²) in [5.41, 5.74) is -0.434. The van der Waals surface area contributed by atoms with E-state index in [1.165, 1.54) is 0 Å². The molecule has 0 aromatic carbocycles. The van der Waals surface area contributed by atoms with Crippen LogP contribution < -0.4 is 4.90 Å². The van der Waals surface area contributed by atoms with E-state index in [9.17, 15) is 4.79 Å². The lowest BCUT2D eigenvalue weighted by Gasteiger charge is -2.52. The Labute approximate surface area is 161 Å². The summed E-state index contributed by atoms with van der Waals surface area (Å²) < 4.78 is 11.1. The van der Waals surface area contributed by atoms with Gasteiger partial charge in [0.1, 0.15) is 0 Å². The molecule has 4 rings (SSSR count). The molecule has 0 spiro atoms. The van der Waals surface area contributed by atoms with Gasteiger partial charge in [-0.15, -0.1) is 0 Å². The second-order valence-electron chi connectivity index (χ2n) is 7.91. The lowest BCUT2D eigenvalue weighted by Crippen LogP contribution is -2.59. The summed E-state index contributed by atoms with van der Waals surface area (Å²) in [5, 5.41) is 0. The molecule has 1 saturated carbocycles. The molecule has 1 aromatic heterocycles. The minimum atomic E-state index is -0.434. The van der Waals surface area contributed by atoms with E-state index in [1.807, 2.05) is 13.0 Å². The molecular formula is C20H30N4O3. The van der Waals surface area contributed by atoms with Crippen molar-refractivity contribution < 1.29 is 14.3 Å². The first-order chi connectivity index (χ1) is 13.2. The molecule has 3 heterocycles. The number of ether oxygens (including phenoxy) is 2. The number of aromatic nitrogens is 2. The molecule has 0 N–H and O–H groups in total. The van der Waals surface area contributed by atoms with Crippen molar-refractivity contribution >= 4 is 11.9 Å². The van der Waals surface area contributed by atoms with Gasteiger partial charge in [0.15, 0.2) is 0 Å². The van der Waals surface area contributed by atoms with Crippen LogP contribution in [0.4, 0.5) is 5.95 Å². The Morgan fingerprint density at radius 3 is 2.78 bits per heavy atom. The summed E-state index contributed by atoms with van der Waals surface area (Å²) in [5.74, 6) is 1.05. The Hall–Kier alpha value is -1.73. The lowest BCUT2D eigenvalue weighted by molar-refractivity contribution is -0.164. The fourth-order valence-electron chi connectivity index (χ4n) is 5.14. The van der Waals surface area contributed by atoms with Crippen LogP contribution in [0, 0.1) is 11.3 Å². The molecule has 1 aromatic rings. The van der Waals surface area contributed by atoms with Crippen molar-refractivity contribution in [1.29, 1.82) is 0 Å². The fourth-order valence-corrected chi connectivity index (χ4v) is 5.14. The van der Waals surface area contributed by atoms with Crippen molar-refractivity contribution in [3.63, 3.8) is 0 Å². The maximum absolute atomic E-state index is 13.1. The van der Waals surface area contributed by atoms with Gasteiger partial charge in [0.25, 0.3) is 0 Å². The zero-order valence-electron chi connectivity index (χ0n) is 16.2. The van der Waals surface area contributed by atoms with Crippen molar-refractivity contribution in [3.05, 3.63) is 18.5 Å². The lowest BCUT2D eigenvalue weighted by atomic mass is 9.61. The third kappa shape index (κ3) is 3.67. The molecule has 0 radical (unpaired) electrons. The van der Waals surface area contributed by atoms with E-state index < -0.39 is 5.41 Å². The van der Waals surface area contributed by atoms with Gasteiger partial charge < -0.3 is 14.4 Å². The van der Waals surface area contributed by atoms with Gasteiger partial charge in [0.05, 0.1) is 25.2 Å². The van der Waals surface area contributed by atoms with E-state index >= 15 is 0 Å². The number of hydrogen-bond donors (Lipinski definition) is 0. The van der Waals surface area contributed by atoms with Crippen LogP contribution in [0.15, 0.2) is 18.5 Å². The highest BCUT2D eigenvalue weighted by atomic mass is 16.5. The minimum absolute atomic E-state index is 0.0314. The number of anilines is 1. The van der Waals surface area contributed by atoms with Gasteiger partial charge in [-0.3, -0.25) is 9.69 Å². The van der Waals surface area contributed by atoms with Crippen LogP contribution in [0.3, 0.4) is 0 Å². The minimum Gasteiger partial charge on any atom is -0.466 e. The molecule has 148 valence electrons. The summed E-state index contributed by atoms with van der Waals surface area (Å²) in [6.07, 6.45) is 7.50. The highest BCUT2D eigenvalue weighted by Crippen LogP contribution is 2.48. The predicted octanol–water partition coefficient (Wildman–Crippen LogP) is 1.74. The molecule has 2 aliphatic heterocycles. The number of carbonyl (C=O) groups is 1. The largest absolute Gasteiger partial charge is 0.466 e. The van der Waals surface area contributed by atoms with Crippen molar-refractivity contribution in [2.24, 2.45) is 11.3 Å². The maximum Gasteiger partial charge on any atom is 0.314 e. The Kier molecular flexibility index (Phi) is 5.59. The summed E-state index contributed by atoms with van der Waals surface area (Å²) >= 11 is 0. The van der Waals surface area contributed by atoms with Gasteiger partial charge in [-0.1, -0.05) is 0 Å². The van der Waals surface area contributed by atoms with Crippen molar-refractivity contribution in [2.45, 2.75) is 38.6 Å². The van der Waals surface area contributed by atoms with E-state index in [0.29, 0.717) is 25.1 Å². The van der Waals surface area contributed by atoms with Crippen LogP contribution in [0.25, 0.3) is 0 Å². The zero-order valence-corrected chi connectivity index (χ0v) is 16.2. The molecule has 0 bridgehead atoms. The third-order valence-electron chi connectivity index (χ3n) is 6.56.